The molecule has 0 aliphatic heterocycles. The molecular formula is C15H20N2O3. The van der Waals surface area contributed by atoms with Crippen LogP contribution in [0, 0.1) is 5.92 Å². The van der Waals surface area contributed by atoms with Crippen LogP contribution in [0.5, 0.6) is 0 Å². The van der Waals surface area contributed by atoms with E-state index in [1.807, 2.05) is 0 Å². The SMILES string of the molecule is CCC(C)CN(C)C(=O)c1ccc(C=CC(=O)O)cn1. The standard InChI is InChI=1S/C15H20N2O3/c1-4-11(2)10-17(3)15(20)13-7-5-12(9-16-13)6-8-14(18)19/h5-9,11H,4,10H2,1-3H3,(H,18,19). The van der Waals surface area contributed by atoms with Gasteiger partial charge in [-0.05, 0) is 23.6 Å². The number of hydrogen-bond donors (Lipinski definition) is 1. The Morgan fingerprint density at radius 3 is 2.65 bits per heavy atom. The summed E-state index contributed by atoms with van der Waals surface area (Å²) in [5, 5.41) is 8.53. The largest absolute Gasteiger partial charge is 0.478 e. The molecule has 0 saturated carbocycles. The Kier molecular flexibility index (Phi) is 5.90. The Hall–Kier alpha value is -2.17. The highest BCUT2D eigenvalue weighted by Gasteiger charge is 2.14. The number of carbonyl (C=O) groups excluding carboxylic acids is 1. The smallest absolute Gasteiger partial charge is 0.328 e. The molecule has 0 aromatic carbocycles. The van der Waals surface area contributed by atoms with Gasteiger partial charge in [0.05, 0.1) is 0 Å². The van der Waals surface area contributed by atoms with Gasteiger partial charge in [0.25, 0.3) is 5.91 Å². The molecule has 1 aromatic heterocycles. The van der Waals surface area contributed by atoms with Crippen LogP contribution >= 0.6 is 0 Å². The quantitative estimate of drug-likeness (QED) is 0.809. The maximum absolute atomic E-state index is 12.1. The van der Waals surface area contributed by atoms with Crippen molar-refractivity contribution >= 4 is 18.0 Å². The van der Waals surface area contributed by atoms with E-state index in [-0.39, 0.29) is 5.91 Å². The van der Waals surface area contributed by atoms with Crippen molar-refractivity contribution in [1.29, 1.82) is 0 Å². The van der Waals surface area contributed by atoms with Crippen LogP contribution in [0.25, 0.3) is 6.08 Å². The highest BCUT2D eigenvalue weighted by molar-refractivity contribution is 5.92. The van der Waals surface area contributed by atoms with E-state index in [1.54, 1.807) is 24.1 Å². The number of rotatable bonds is 6. The average molecular weight is 276 g/mol. The second-order valence-corrected chi connectivity index (χ2v) is 4.85. The summed E-state index contributed by atoms with van der Waals surface area (Å²) in [6, 6.07) is 3.29. The lowest BCUT2D eigenvalue weighted by Crippen LogP contribution is -2.31. The summed E-state index contributed by atoms with van der Waals surface area (Å²) in [5.74, 6) is -0.695. The van der Waals surface area contributed by atoms with Crippen LogP contribution in [-0.2, 0) is 4.79 Å². The Morgan fingerprint density at radius 1 is 1.45 bits per heavy atom. The first-order valence-electron chi connectivity index (χ1n) is 6.56. The Bertz CT molecular complexity index is 494. The fourth-order valence-electron chi connectivity index (χ4n) is 1.67. The van der Waals surface area contributed by atoms with E-state index in [0.717, 1.165) is 12.5 Å². The maximum Gasteiger partial charge on any atom is 0.328 e. The summed E-state index contributed by atoms with van der Waals surface area (Å²) in [7, 11) is 1.76. The van der Waals surface area contributed by atoms with Crippen molar-refractivity contribution in [3.8, 4) is 0 Å². The zero-order valence-electron chi connectivity index (χ0n) is 12.0. The lowest BCUT2D eigenvalue weighted by Gasteiger charge is -2.20. The molecular weight excluding hydrogens is 256 g/mol. The molecule has 0 saturated heterocycles. The van der Waals surface area contributed by atoms with Gasteiger partial charge in [0.1, 0.15) is 5.69 Å². The zero-order valence-corrected chi connectivity index (χ0v) is 12.0. The minimum absolute atomic E-state index is 0.126. The molecule has 1 rings (SSSR count). The number of nitrogens with zero attached hydrogens (tertiary/aromatic N) is 2. The molecule has 0 fully saturated rings. The van der Waals surface area contributed by atoms with Crippen LogP contribution in [0.15, 0.2) is 24.4 Å². The molecule has 0 radical (unpaired) electrons. The molecule has 0 bridgehead atoms. The predicted molar refractivity (Wildman–Crippen MR) is 77.3 cm³/mol. The van der Waals surface area contributed by atoms with Crippen LogP contribution in [0.1, 0.15) is 36.3 Å². The van der Waals surface area contributed by atoms with Gasteiger partial charge < -0.3 is 10.0 Å². The molecule has 20 heavy (non-hydrogen) atoms. The van der Waals surface area contributed by atoms with Gasteiger partial charge in [-0.15, -0.1) is 0 Å². The van der Waals surface area contributed by atoms with Crippen LogP contribution in [0.4, 0.5) is 0 Å². The fraction of sp³-hybridized carbons (Fsp3) is 0.400. The first-order chi connectivity index (χ1) is 9.43. The third kappa shape index (κ3) is 4.84. The molecule has 0 spiro atoms. The lowest BCUT2D eigenvalue weighted by molar-refractivity contribution is -0.131. The predicted octanol–water partition coefficient (Wildman–Crippen LogP) is 2.30. The third-order valence-corrected chi connectivity index (χ3v) is 3.05. The molecule has 0 aliphatic carbocycles. The van der Waals surface area contributed by atoms with Crippen molar-refractivity contribution in [2.75, 3.05) is 13.6 Å². The Balaban J connectivity index is 2.72. The summed E-state index contributed by atoms with van der Waals surface area (Å²) in [6.45, 7) is 4.87. The van der Waals surface area contributed by atoms with Crippen molar-refractivity contribution in [3.63, 3.8) is 0 Å². The van der Waals surface area contributed by atoms with E-state index >= 15 is 0 Å². The number of pyridine rings is 1. The van der Waals surface area contributed by atoms with E-state index in [0.29, 0.717) is 23.7 Å². The second-order valence-electron chi connectivity index (χ2n) is 4.85. The monoisotopic (exact) mass is 276 g/mol. The molecule has 5 heteroatoms. The number of amides is 1. The van der Waals surface area contributed by atoms with Crippen molar-refractivity contribution < 1.29 is 14.7 Å². The Morgan fingerprint density at radius 2 is 2.15 bits per heavy atom. The van der Waals surface area contributed by atoms with E-state index < -0.39 is 5.97 Å². The summed E-state index contributed by atoms with van der Waals surface area (Å²) >= 11 is 0. The van der Waals surface area contributed by atoms with Crippen LogP contribution in [-0.4, -0.2) is 40.5 Å². The van der Waals surface area contributed by atoms with Gasteiger partial charge in [0, 0.05) is 25.9 Å². The number of carboxylic acids is 1. The second kappa shape index (κ2) is 7.43. The van der Waals surface area contributed by atoms with Gasteiger partial charge in [-0.3, -0.25) is 9.78 Å². The van der Waals surface area contributed by atoms with E-state index in [9.17, 15) is 9.59 Å². The van der Waals surface area contributed by atoms with E-state index in [1.165, 1.54) is 12.3 Å². The van der Waals surface area contributed by atoms with Crippen LogP contribution in [0.3, 0.4) is 0 Å². The van der Waals surface area contributed by atoms with E-state index in [4.69, 9.17) is 5.11 Å². The molecule has 108 valence electrons. The first-order valence-corrected chi connectivity index (χ1v) is 6.56. The molecule has 0 aliphatic rings. The molecule has 1 unspecified atom stereocenters. The van der Waals surface area contributed by atoms with Gasteiger partial charge in [-0.25, -0.2) is 4.79 Å². The summed E-state index contributed by atoms with van der Waals surface area (Å²) in [4.78, 5) is 28.3. The lowest BCUT2D eigenvalue weighted by atomic mass is 10.1. The third-order valence-electron chi connectivity index (χ3n) is 3.05. The van der Waals surface area contributed by atoms with Crippen molar-refractivity contribution in [2.45, 2.75) is 20.3 Å². The molecule has 1 atom stereocenters. The summed E-state index contributed by atoms with van der Waals surface area (Å²) in [6.07, 6.45) is 4.98. The van der Waals surface area contributed by atoms with Gasteiger partial charge >= 0.3 is 5.97 Å². The average Bonchev–Trinajstić information content (AvgIpc) is 2.44. The topological polar surface area (TPSA) is 70.5 Å². The molecule has 1 N–H and O–H groups in total. The molecule has 1 amide bonds. The Labute approximate surface area is 118 Å². The molecule has 5 nitrogen and oxygen atoms in total. The molecule has 1 heterocycles. The van der Waals surface area contributed by atoms with Crippen LogP contribution < -0.4 is 0 Å². The molecule has 1 aromatic rings. The zero-order chi connectivity index (χ0) is 15.1. The maximum atomic E-state index is 12.1. The number of aliphatic carboxylic acids is 1. The number of aromatic nitrogens is 1. The van der Waals surface area contributed by atoms with E-state index in [2.05, 4.69) is 18.8 Å². The highest BCUT2D eigenvalue weighted by Crippen LogP contribution is 2.08. The van der Waals surface area contributed by atoms with Gasteiger partial charge in [-0.1, -0.05) is 26.3 Å². The van der Waals surface area contributed by atoms with Crippen molar-refractivity contribution in [3.05, 3.63) is 35.7 Å². The highest BCUT2D eigenvalue weighted by atomic mass is 16.4. The minimum Gasteiger partial charge on any atom is -0.478 e. The van der Waals surface area contributed by atoms with Gasteiger partial charge in [-0.2, -0.15) is 0 Å². The minimum atomic E-state index is -1.02. The number of carbonyl (C=O) groups is 2. The number of carboxylic acid groups (broad SMARTS) is 1. The van der Waals surface area contributed by atoms with Crippen molar-refractivity contribution in [1.82, 2.24) is 9.88 Å². The first kappa shape index (κ1) is 15.9. The number of hydrogen-bond acceptors (Lipinski definition) is 3. The fourth-order valence-corrected chi connectivity index (χ4v) is 1.67. The van der Waals surface area contributed by atoms with Crippen molar-refractivity contribution in [2.24, 2.45) is 5.92 Å². The van der Waals surface area contributed by atoms with Gasteiger partial charge in [0.2, 0.25) is 0 Å². The summed E-state index contributed by atoms with van der Waals surface area (Å²) < 4.78 is 0. The van der Waals surface area contributed by atoms with Crippen LogP contribution in [0.2, 0.25) is 0 Å². The normalized spacial score (nSPS) is 12.3. The van der Waals surface area contributed by atoms with Gasteiger partial charge in [0.15, 0.2) is 0 Å². The summed E-state index contributed by atoms with van der Waals surface area (Å²) in [5.41, 5.74) is 1.01.